The minimum absolute atomic E-state index is 0.0748. The van der Waals surface area contributed by atoms with Crippen molar-refractivity contribution >= 4 is 5.91 Å². The van der Waals surface area contributed by atoms with Crippen LogP contribution in [-0.2, 0) is 11.3 Å². The molecule has 104 valence electrons. The van der Waals surface area contributed by atoms with Crippen LogP contribution < -0.4 is 5.32 Å². The van der Waals surface area contributed by atoms with Crippen molar-refractivity contribution in [3.63, 3.8) is 0 Å². The molecule has 1 aliphatic rings. The molecule has 1 aromatic rings. The summed E-state index contributed by atoms with van der Waals surface area (Å²) >= 11 is 0. The summed E-state index contributed by atoms with van der Waals surface area (Å²) in [7, 11) is 3.93. The number of carbonyl (C=O) groups is 1. The van der Waals surface area contributed by atoms with Crippen molar-refractivity contribution < 1.29 is 4.79 Å². The van der Waals surface area contributed by atoms with Gasteiger partial charge in [0.1, 0.15) is 0 Å². The fourth-order valence-corrected chi connectivity index (χ4v) is 2.37. The zero-order valence-electron chi connectivity index (χ0n) is 12.0. The molecule has 1 saturated heterocycles. The van der Waals surface area contributed by atoms with Crippen molar-refractivity contribution in [2.75, 3.05) is 33.7 Å². The summed E-state index contributed by atoms with van der Waals surface area (Å²) in [6.45, 7) is 5.41. The number of hydrogen-bond donors (Lipinski definition) is 1. The molecule has 1 N–H and O–H groups in total. The first-order valence-electron chi connectivity index (χ1n) is 6.78. The van der Waals surface area contributed by atoms with Crippen LogP contribution in [0, 0.1) is 6.92 Å². The topological polar surface area (TPSA) is 35.6 Å². The number of nitrogens with zero attached hydrogens (tertiary/aromatic N) is 2. The summed E-state index contributed by atoms with van der Waals surface area (Å²) in [6, 6.07) is 8.26. The Kier molecular flexibility index (Phi) is 4.56. The molecule has 1 amide bonds. The zero-order chi connectivity index (χ0) is 13.8. The molecule has 1 unspecified atom stereocenters. The van der Waals surface area contributed by atoms with Gasteiger partial charge in [-0.15, -0.1) is 0 Å². The summed E-state index contributed by atoms with van der Waals surface area (Å²) < 4.78 is 0. The second-order valence-electron chi connectivity index (χ2n) is 5.45. The Bertz CT molecular complexity index is 430. The van der Waals surface area contributed by atoms with Crippen LogP contribution in [0.4, 0.5) is 0 Å². The molecule has 4 heteroatoms. The van der Waals surface area contributed by atoms with Crippen molar-refractivity contribution in [2.24, 2.45) is 0 Å². The molecule has 1 aromatic carbocycles. The maximum Gasteiger partial charge on any atom is 0.241 e. The van der Waals surface area contributed by atoms with Gasteiger partial charge in [0.15, 0.2) is 0 Å². The molecule has 1 atom stereocenters. The summed E-state index contributed by atoms with van der Waals surface area (Å²) in [5.41, 5.74) is 2.42. The van der Waals surface area contributed by atoms with E-state index in [1.807, 2.05) is 11.9 Å². The Morgan fingerprint density at radius 2 is 2.11 bits per heavy atom. The van der Waals surface area contributed by atoms with Crippen LogP contribution in [0.3, 0.4) is 0 Å². The Labute approximate surface area is 115 Å². The number of amides is 1. The minimum Gasteiger partial charge on any atom is -0.340 e. The van der Waals surface area contributed by atoms with Crippen molar-refractivity contribution in [1.29, 1.82) is 0 Å². The van der Waals surface area contributed by atoms with Crippen LogP contribution in [0.2, 0.25) is 0 Å². The highest BCUT2D eigenvalue weighted by Gasteiger charge is 2.25. The Hall–Kier alpha value is -1.39. The molecule has 0 aliphatic carbocycles. The number of piperazine rings is 1. The van der Waals surface area contributed by atoms with Crippen LogP contribution in [-0.4, -0.2) is 55.5 Å². The molecule has 0 radical (unpaired) electrons. The van der Waals surface area contributed by atoms with E-state index in [0.717, 1.165) is 19.6 Å². The lowest BCUT2D eigenvalue weighted by atomic mass is 10.1. The van der Waals surface area contributed by atoms with E-state index in [-0.39, 0.29) is 11.9 Å². The summed E-state index contributed by atoms with van der Waals surface area (Å²) in [6.07, 6.45) is 0. The molecule has 4 nitrogen and oxygen atoms in total. The van der Waals surface area contributed by atoms with Gasteiger partial charge in [0.2, 0.25) is 5.91 Å². The standard InChI is InChI=1S/C15H23N3O/c1-12-4-6-13(7-5-12)10-18(3)15(19)14-11-17(2)9-8-16-14/h4-7,14,16H,8-11H2,1-3H3. The fraction of sp³-hybridized carbons (Fsp3) is 0.533. The Balaban J connectivity index is 1.93. The second-order valence-corrected chi connectivity index (χ2v) is 5.45. The SMILES string of the molecule is Cc1ccc(CN(C)C(=O)C2CN(C)CCN2)cc1. The van der Waals surface area contributed by atoms with E-state index in [9.17, 15) is 4.79 Å². The van der Waals surface area contributed by atoms with Crippen LogP contribution in [0.25, 0.3) is 0 Å². The number of likely N-dealkylation sites (N-methyl/N-ethyl adjacent to an activating group) is 2. The molecular weight excluding hydrogens is 238 g/mol. The van der Waals surface area contributed by atoms with E-state index in [0.29, 0.717) is 6.54 Å². The number of hydrogen-bond acceptors (Lipinski definition) is 3. The van der Waals surface area contributed by atoms with Crippen molar-refractivity contribution in [3.8, 4) is 0 Å². The van der Waals surface area contributed by atoms with E-state index in [1.165, 1.54) is 11.1 Å². The number of carbonyl (C=O) groups excluding carboxylic acids is 1. The number of benzene rings is 1. The monoisotopic (exact) mass is 261 g/mol. The van der Waals surface area contributed by atoms with Gasteiger partial charge in [0, 0.05) is 33.2 Å². The van der Waals surface area contributed by atoms with E-state index < -0.39 is 0 Å². The van der Waals surface area contributed by atoms with Crippen LogP contribution in [0.15, 0.2) is 24.3 Å². The molecule has 1 heterocycles. The maximum atomic E-state index is 12.4. The van der Waals surface area contributed by atoms with Gasteiger partial charge in [0.05, 0.1) is 6.04 Å². The van der Waals surface area contributed by atoms with E-state index in [1.54, 1.807) is 0 Å². The average molecular weight is 261 g/mol. The molecule has 1 fully saturated rings. The molecule has 1 aliphatic heterocycles. The number of nitrogens with one attached hydrogen (secondary N) is 1. The maximum absolute atomic E-state index is 12.4. The van der Waals surface area contributed by atoms with Gasteiger partial charge < -0.3 is 15.1 Å². The van der Waals surface area contributed by atoms with E-state index >= 15 is 0 Å². The molecule has 0 bridgehead atoms. The van der Waals surface area contributed by atoms with Crippen LogP contribution in [0.1, 0.15) is 11.1 Å². The Morgan fingerprint density at radius 1 is 1.42 bits per heavy atom. The average Bonchev–Trinajstić information content (AvgIpc) is 2.40. The van der Waals surface area contributed by atoms with Gasteiger partial charge in [-0.3, -0.25) is 4.79 Å². The Morgan fingerprint density at radius 3 is 2.74 bits per heavy atom. The first-order valence-corrected chi connectivity index (χ1v) is 6.78. The van der Waals surface area contributed by atoms with E-state index in [4.69, 9.17) is 0 Å². The fourth-order valence-electron chi connectivity index (χ4n) is 2.37. The van der Waals surface area contributed by atoms with Crippen molar-refractivity contribution in [1.82, 2.24) is 15.1 Å². The summed E-state index contributed by atoms with van der Waals surface area (Å²) in [5.74, 6) is 0.173. The molecule has 0 spiro atoms. The highest BCUT2D eigenvalue weighted by atomic mass is 16.2. The smallest absolute Gasteiger partial charge is 0.241 e. The van der Waals surface area contributed by atoms with Gasteiger partial charge in [0.25, 0.3) is 0 Å². The summed E-state index contributed by atoms with van der Waals surface area (Å²) in [4.78, 5) is 16.4. The quantitative estimate of drug-likeness (QED) is 0.876. The molecule has 2 rings (SSSR count). The minimum atomic E-state index is -0.0748. The molecule has 0 aromatic heterocycles. The van der Waals surface area contributed by atoms with Gasteiger partial charge in [-0.05, 0) is 19.5 Å². The number of rotatable bonds is 3. The van der Waals surface area contributed by atoms with Gasteiger partial charge >= 0.3 is 0 Å². The lowest BCUT2D eigenvalue weighted by Crippen LogP contribution is -2.56. The third kappa shape index (κ3) is 3.78. The first kappa shape index (κ1) is 14.0. The second kappa shape index (κ2) is 6.17. The predicted molar refractivity (Wildman–Crippen MR) is 76.9 cm³/mol. The highest BCUT2D eigenvalue weighted by Crippen LogP contribution is 2.08. The predicted octanol–water partition coefficient (Wildman–Crippen LogP) is 0.857. The number of aryl methyl sites for hydroxylation is 1. The van der Waals surface area contributed by atoms with Crippen LogP contribution in [0.5, 0.6) is 0 Å². The van der Waals surface area contributed by atoms with Gasteiger partial charge in [-0.1, -0.05) is 29.8 Å². The highest BCUT2D eigenvalue weighted by molar-refractivity contribution is 5.82. The van der Waals surface area contributed by atoms with Crippen molar-refractivity contribution in [2.45, 2.75) is 19.5 Å². The largest absolute Gasteiger partial charge is 0.340 e. The van der Waals surface area contributed by atoms with Gasteiger partial charge in [-0.2, -0.15) is 0 Å². The lowest BCUT2D eigenvalue weighted by molar-refractivity contribution is -0.133. The molecule has 0 saturated carbocycles. The third-order valence-corrected chi connectivity index (χ3v) is 3.59. The van der Waals surface area contributed by atoms with Crippen LogP contribution >= 0.6 is 0 Å². The molecule has 19 heavy (non-hydrogen) atoms. The van der Waals surface area contributed by atoms with E-state index in [2.05, 4.69) is 48.5 Å². The zero-order valence-corrected chi connectivity index (χ0v) is 12.0. The lowest BCUT2D eigenvalue weighted by Gasteiger charge is -2.32. The normalized spacial score (nSPS) is 20.3. The van der Waals surface area contributed by atoms with Crippen molar-refractivity contribution in [3.05, 3.63) is 35.4 Å². The first-order chi connectivity index (χ1) is 9.06. The summed E-state index contributed by atoms with van der Waals surface area (Å²) in [5, 5.41) is 3.29. The third-order valence-electron chi connectivity index (χ3n) is 3.59. The molecular formula is C15H23N3O. The van der Waals surface area contributed by atoms with Gasteiger partial charge in [-0.25, -0.2) is 0 Å².